The number of rotatable bonds is 4. The number of nitriles is 1. The molecule has 0 bridgehead atoms. The summed E-state index contributed by atoms with van der Waals surface area (Å²) in [6, 6.07) is 14.4. The molecule has 132 valence electrons. The summed E-state index contributed by atoms with van der Waals surface area (Å²) < 4.78 is 23.3. The van der Waals surface area contributed by atoms with Crippen LogP contribution in [0.1, 0.15) is 16.7 Å². The van der Waals surface area contributed by atoms with E-state index >= 15 is 0 Å². The zero-order valence-corrected chi connectivity index (χ0v) is 14.1. The Bertz CT molecular complexity index is 805. The minimum atomic E-state index is -3.34. The highest BCUT2D eigenvalue weighted by Crippen LogP contribution is 2.49. The molecular formula is C17H19N3O4S. The molecule has 2 aromatic carbocycles. The SMILES string of the molecule is N#Cc1ccc(CCc2ccc(N3CC(O)NS3(O)O)c(O)c2)cc1. The number of anilines is 1. The highest BCUT2D eigenvalue weighted by Gasteiger charge is 2.36. The molecule has 0 spiro atoms. The predicted octanol–water partition coefficient (Wildman–Crippen LogP) is 2.36. The minimum Gasteiger partial charge on any atom is -0.506 e. The van der Waals surface area contributed by atoms with Gasteiger partial charge < -0.3 is 10.2 Å². The Morgan fingerprint density at radius 1 is 1.12 bits per heavy atom. The van der Waals surface area contributed by atoms with Gasteiger partial charge in [0.2, 0.25) is 0 Å². The summed E-state index contributed by atoms with van der Waals surface area (Å²) in [6.45, 7) is -0.0273. The van der Waals surface area contributed by atoms with Crippen molar-refractivity contribution in [2.24, 2.45) is 0 Å². The van der Waals surface area contributed by atoms with Crippen LogP contribution in [0, 0.1) is 11.3 Å². The van der Waals surface area contributed by atoms with Gasteiger partial charge in [-0.1, -0.05) is 29.2 Å². The molecule has 0 radical (unpaired) electrons. The van der Waals surface area contributed by atoms with Crippen molar-refractivity contribution in [2.45, 2.75) is 19.1 Å². The van der Waals surface area contributed by atoms with E-state index in [0.717, 1.165) is 21.9 Å². The van der Waals surface area contributed by atoms with Crippen LogP contribution in [-0.4, -0.2) is 32.1 Å². The van der Waals surface area contributed by atoms with Crippen LogP contribution >= 0.6 is 11.0 Å². The molecule has 1 heterocycles. The van der Waals surface area contributed by atoms with E-state index < -0.39 is 17.2 Å². The van der Waals surface area contributed by atoms with E-state index in [4.69, 9.17) is 5.26 Å². The third kappa shape index (κ3) is 3.87. The third-order valence-corrected chi connectivity index (χ3v) is 5.58. The largest absolute Gasteiger partial charge is 0.506 e. The molecule has 0 amide bonds. The molecule has 1 aliphatic rings. The summed E-state index contributed by atoms with van der Waals surface area (Å²) in [6.07, 6.45) is 0.376. The number of nitrogens with one attached hydrogen (secondary N) is 1. The molecule has 7 nitrogen and oxygen atoms in total. The number of β-amino-alcohol motifs (C(OH)–C–C–N with tert-alkyl or cyclic N) is 1. The number of aliphatic hydroxyl groups is 1. The molecule has 1 saturated heterocycles. The number of hydrogen-bond donors (Lipinski definition) is 5. The van der Waals surface area contributed by atoms with Gasteiger partial charge >= 0.3 is 0 Å². The Kier molecular flexibility index (Phi) is 4.85. The van der Waals surface area contributed by atoms with Gasteiger partial charge in [-0.2, -0.15) is 9.98 Å². The number of benzene rings is 2. The van der Waals surface area contributed by atoms with E-state index in [-0.39, 0.29) is 18.0 Å². The first-order valence-electron chi connectivity index (χ1n) is 7.71. The van der Waals surface area contributed by atoms with Crippen molar-refractivity contribution in [1.82, 2.24) is 4.72 Å². The quantitative estimate of drug-likeness (QED) is 0.567. The number of aliphatic hydroxyl groups excluding tert-OH is 1. The van der Waals surface area contributed by atoms with Gasteiger partial charge in [0.15, 0.2) is 0 Å². The minimum absolute atomic E-state index is 0.0273. The molecule has 1 unspecified atom stereocenters. The molecule has 1 atom stereocenters. The molecule has 1 aliphatic heterocycles. The zero-order valence-electron chi connectivity index (χ0n) is 13.3. The Balaban J connectivity index is 1.70. The standard InChI is InChI=1S/C17H19N3O4S/c18-10-14-5-2-12(3-6-14)1-4-13-7-8-15(16(21)9-13)20-11-17(22)19-25(20,23)24/h2-3,5-9,17,19,21-24H,1,4,11H2. The molecule has 0 aliphatic carbocycles. The average molecular weight is 361 g/mol. The molecule has 0 aromatic heterocycles. The van der Waals surface area contributed by atoms with E-state index in [2.05, 4.69) is 10.8 Å². The Labute approximate surface area is 147 Å². The van der Waals surface area contributed by atoms with Gasteiger partial charge in [-0.15, -0.1) is 0 Å². The maximum absolute atomic E-state index is 10.2. The topological polar surface area (TPSA) is 120 Å². The first-order valence-corrected chi connectivity index (χ1v) is 9.21. The lowest BCUT2D eigenvalue weighted by molar-refractivity contribution is 0.182. The van der Waals surface area contributed by atoms with Crippen LogP contribution in [-0.2, 0) is 12.8 Å². The van der Waals surface area contributed by atoms with Crippen molar-refractivity contribution in [3.05, 3.63) is 59.2 Å². The van der Waals surface area contributed by atoms with Gasteiger partial charge in [0.25, 0.3) is 0 Å². The fraction of sp³-hybridized carbons (Fsp3) is 0.235. The molecule has 25 heavy (non-hydrogen) atoms. The van der Waals surface area contributed by atoms with Crippen LogP contribution in [0.15, 0.2) is 42.5 Å². The second-order valence-corrected chi connectivity index (χ2v) is 7.56. The van der Waals surface area contributed by atoms with E-state index in [1.807, 2.05) is 12.1 Å². The molecule has 3 rings (SSSR count). The van der Waals surface area contributed by atoms with E-state index in [0.29, 0.717) is 12.0 Å². The van der Waals surface area contributed by atoms with Gasteiger partial charge in [0, 0.05) is 0 Å². The number of aromatic hydroxyl groups is 1. The van der Waals surface area contributed by atoms with Crippen molar-refractivity contribution in [1.29, 1.82) is 5.26 Å². The summed E-state index contributed by atoms with van der Waals surface area (Å²) in [5, 5.41) is 28.6. The summed E-state index contributed by atoms with van der Waals surface area (Å²) in [5.41, 5.74) is 2.86. The summed E-state index contributed by atoms with van der Waals surface area (Å²) in [4.78, 5) is 0. The Morgan fingerprint density at radius 2 is 1.76 bits per heavy atom. The number of nitrogens with zero attached hydrogens (tertiary/aromatic N) is 2. The average Bonchev–Trinajstić information content (AvgIpc) is 2.85. The van der Waals surface area contributed by atoms with Gasteiger partial charge in [0.1, 0.15) is 17.7 Å². The van der Waals surface area contributed by atoms with E-state index in [1.165, 1.54) is 0 Å². The Hall–Kier alpha value is -2.28. The highest BCUT2D eigenvalue weighted by atomic mass is 32.3. The number of hydrogen-bond acceptors (Lipinski definition) is 7. The van der Waals surface area contributed by atoms with E-state index in [9.17, 15) is 19.3 Å². The normalized spacial score (nSPS) is 20.2. The summed E-state index contributed by atoms with van der Waals surface area (Å²) in [5.74, 6) is -0.0757. The first kappa shape index (κ1) is 17.5. The van der Waals surface area contributed by atoms with E-state index in [1.54, 1.807) is 30.3 Å². The van der Waals surface area contributed by atoms with Crippen LogP contribution in [0.25, 0.3) is 0 Å². The van der Waals surface area contributed by atoms with Gasteiger partial charge in [-0.05, 0) is 48.2 Å². The molecule has 8 heteroatoms. The predicted molar refractivity (Wildman–Crippen MR) is 96.0 cm³/mol. The van der Waals surface area contributed by atoms with Crippen molar-refractivity contribution in [3.63, 3.8) is 0 Å². The van der Waals surface area contributed by atoms with Crippen LogP contribution < -0.4 is 9.03 Å². The number of phenolic OH excluding ortho intramolecular Hbond substituents is 1. The lowest BCUT2D eigenvalue weighted by Crippen LogP contribution is -2.25. The van der Waals surface area contributed by atoms with Gasteiger partial charge in [-0.25, -0.2) is 0 Å². The van der Waals surface area contributed by atoms with Crippen molar-refractivity contribution >= 4 is 16.6 Å². The summed E-state index contributed by atoms with van der Waals surface area (Å²) >= 11 is 0. The van der Waals surface area contributed by atoms with Crippen molar-refractivity contribution in [2.75, 3.05) is 10.8 Å². The molecule has 2 aromatic rings. The second-order valence-electron chi connectivity index (χ2n) is 5.85. The van der Waals surface area contributed by atoms with Crippen molar-refractivity contribution < 1.29 is 19.3 Å². The monoisotopic (exact) mass is 361 g/mol. The smallest absolute Gasteiger partial charge is 0.142 e. The molecule has 0 saturated carbocycles. The first-order chi connectivity index (χ1) is 11.9. The van der Waals surface area contributed by atoms with Crippen LogP contribution in [0.2, 0.25) is 0 Å². The lowest BCUT2D eigenvalue weighted by Gasteiger charge is -2.36. The van der Waals surface area contributed by atoms with Crippen molar-refractivity contribution in [3.8, 4) is 11.8 Å². The molecule has 5 N–H and O–H groups in total. The third-order valence-electron chi connectivity index (χ3n) is 4.03. The number of phenols is 1. The molecular weight excluding hydrogens is 342 g/mol. The maximum atomic E-state index is 10.2. The summed E-state index contributed by atoms with van der Waals surface area (Å²) in [7, 11) is -3.34. The zero-order chi connectivity index (χ0) is 18.0. The maximum Gasteiger partial charge on any atom is 0.142 e. The van der Waals surface area contributed by atoms with Gasteiger partial charge in [0.05, 0.1) is 18.2 Å². The lowest BCUT2D eigenvalue weighted by atomic mass is 10.0. The Morgan fingerprint density at radius 3 is 2.32 bits per heavy atom. The van der Waals surface area contributed by atoms with Crippen LogP contribution in [0.4, 0.5) is 5.69 Å². The molecule has 1 fully saturated rings. The van der Waals surface area contributed by atoms with Gasteiger partial charge in [-0.3, -0.25) is 13.4 Å². The second kappa shape index (κ2) is 6.92. The van der Waals surface area contributed by atoms with Crippen LogP contribution in [0.5, 0.6) is 5.75 Å². The fourth-order valence-corrected chi connectivity index (χ4v) is 4.09. The highest BCUT2D eigenvalue weighted by molar-refractivity contribution is 8.24. The fourth-order valence-electron chi connectivity index (χ4n) is 2.75. The van der Waals surface area contributed by atoms with Crippen LogP contribution in [0.3, 0.4) is 0 Å². The number of aryl methyl sites for hydroxylation is 2.